The van der Waals surface area contributed by atoms with Gasteiger partial charge in [-0.15, -0.1) is 0 Å². The maximum Gasteiger partial charge on any atom is 0.254 e. The van der Waals surface area contributed by atoms with Crippen molar-refractivity contribution in [3.05, 3.63) is 29.8 Å². The third-order valence-corrected chi connectivity index (χ3v) is 4.73. The Morgan fingerprint density at radius 1 is 1.24 bits per heavy atom. The van der Waals surface area contributed by atoms with E-state index in [1.807, 2.05) is 36.1 Å². The van der Waals surface area contributed by atoms with Crippen molar-refractivity contribution in [3.63, 3.8) is 0 Å². The lowest BCUT2D eigenvalue weighted by atomic mass is 10.1. The zero-order chi connectivity index (χ0) is 18.2. The maximum atomic E-state index is 12.9. The lowest BCUT2D eigenvalue weighted by molar-refractivity contribution is 0.0371. The fourth-order valence-electron chi connectivity index (χ4n) is 3.36. The fourth-order valence-corrected chi connectivity index (χ4v) is 3.36. The van der Waals surface area contributed by atoms with Crippen LogP contribution >= 0.6 is 0 Å². The van der Waals surface area contributed by atoms with Crippen LogP contribution in [0.15, 0.2) is 24.3 Å². The van der Waals surface area contributed by atoms with Crippen LogP contribution in [0.25, 0.3) is 0 Å². The highest BCUT2D eigenvalue weighted by Gasteiger charge is 2.30. The van der Waals surface area contributed by atoms with Crippen LogP contribution in [0.1, 0.15) is 44.5 Å². The fraction of sp³-hybridized carbons (Fsp3) is 0.650. The van der Waals surface area contributed by atoms with Gasteiger partial charge < -0.3 is 14.4 Å². The summed E-state index contributed by atoms with van der Waals surface area (Å²) in [5.74, 6) is 0.815. The summed E-state index contributed by atoms with van der Waals surface area (Å²) in [6, 6.07) is 8.42. The molecule has 1 fully saturated rings. The highest BCUT2D eigenvalue weighted by molar-refractivity contribution is 5.94. The van der Waals surface area contributed by atoms with Gasteiger partial charge >= 0.3 is 0 Å². The Morgan fingerprint density at radius 2 is 2.04 bits per heavy atom. The lowest BCUT2D eigenvalue weighted by Crippen LogP contribution is -2.56. The van der Waals surface area contributed by atoms with E-state index in [0.29, 0.717) is 37.5 Å². The van der Waals surface area contributed by atoms with Gasteiger partial charge in [-0.05, 0) is 45.4 Å². The van der Waals surface area contributed by atoms with Crippen molar-refractivity contribution in [2.75, 3.05) is 39.5 Å². The predicted octanol–water partition coefficient (Wildman–Crippen LogP) is 3.05. The van der Waals surface area contributed by atoms with E-state index in [2.05, 4.69) is 25.7 Å². The molecule has 5 heteroatoms. The van der Waals surface area contributed by atoms with Gasteiger partial charge in [0.15, 0.2) is 0 Å². The summed E-state index contributed by atoms with van der Waals surface area (Å²) in [7, 11) is 0. The van der Waals surface area contributed by atoms with Crippen molar-refractivity contribution < 1.29 is 14.3 Å². The summed E-state index contributed by atoms with van der Waals surface area (Å²) in [5, 5.41) is 0. The first kappa shape index (κ1) is 19.7. The number of benzene rings is 1. The van der Waals surface area contributed by atoms with Crippen molar-refractivity contribution in [1.29, 1.82) is 0 Å². The Hall–Kier alpha value is -1.59. The van der Waals surface area contributed by atoms with Crippen LogP contribution in [0.4, 0.5) is 0 Å². The Balaban J connectivity index is 1.98. The molecular weight excluding hydrogens is 316 g/mol. The standard InChI is InChI=1S/C20H32N2O3/c1-5-18-15-21(10-11-22(18)16(3)4)20(23)17-8-7-9-19(14-17)25-13-12-24-6-2/h7-9,14,16,18H,5-6,10-13,15H2,1-4H3. The second kappa shape index (κ2) is 9.78. The van der Waals surface area contributed by atoms with Crippen molar-refractivity contribution in [2.24, 2.45) is 0 Å². The third-order valence-electron chi connectivity index (χ3n) is 4.73. The summed E-state index contributed by atoms with van der Waals surface area (Å²) >= 11 is 0. The predicted molar refractivity (Wildman–Crippen MR) is 100 cm³/mol. The molecule has 1 unspecified atom stereocenters. The van der Waals surface area contributed by atoms with Crippen LogP contribution in [0.3, 0.4) is 0 Å². The Morgan fingerprint density at radius 3 is 2.72 bits per heavy atom. The van der Waals surface area contributed by atoms with Gasteiger partial charge in [-0.3, -0.25) is 9.69 Å². The van der Waals surface area contributed by atoms with Crippen molar-refractivity contribution in [3.8, 4) is 5.75 Å². The van der Waals surface area contributed by atoms with Crippen LogP contribution in [0, 0.1) is 0 Å². The molecule has 0 aromatic heterocycles. The molecule has 0 bridgehead atoms. The van der Waals surface area contributed by atoms with Gasteiger partial charge in [0, 0.05) is 43.9 Å². The molecule has 25 heavy (non-hydrogen) atoms. The van der Waals surface area contributed by atoms with E-state index in [1.165, 1.54) is 0 Å². The van der Waals surface area contributed by atoms with Crippen molar-refractivity contribution in [2.45, 2.75) is 46.2 Å². The molecule has 1 amide bonds. The summed E-state index contributed by atoms with van der Waals surface area (Å²) < 4.78 is 10.9. The molecule has 0 N–H and O–H groups in total. The molecule has 2 rings (SSSR count). The molecule has 1 aliphatic heterocycles. The second-order valence-corrected chi connectivity index (χ2v) is 6.72. The van der Waals surface area contributed by atoms with Crippen LogP contribution < -0.4 is 4.74 Å². The summed E-state index contributed by atoms with van der Waals surface area (Å²) in [5.41, 5.74) is 0.696. The van der Waals surface area contributed by atoms with Crippen molar-refractivity contribution in [1.82, 2.24) is 9.80 Å². The number of piperazine rings is 1. The second-order valence-electron chi connectivity index (χ2n) is 6.72. The van der Waals surface area contributed by atoms with Crippen LogP contribution in [-0.4, -0.2) is 67.2 Å². The Kier molecular flexibility index (Phi) is 7.72. The van der Waals surface area contributed by atoms with E-state index in [1.54, 1.807) is 0 Å². The van der Waals surface area contributed by atoms with Gasteiger partial charge in [0.05, 0.1) is 6.61 Å². The minimum Gasteiger partial charge on any atom is -0.491 e. The number of ether oxygens (including phenoxy) is 2. The topological polar surface area (TPSA) is 42.0 Å². The zero-order valence-corrected chi connectivity index (χ0v) is 16.0. The molecule has 1 aromatic carbocycles. The zero-order valence-electron chi connectivity index (χ0n) is 16.0. The number of nitrogens with zero attached hydrogens (tertiary/aromatic N) is 2. The van der Waals surface area contributed by atoms with Crippen LogP contribution in [-0.2, 0) is 4.74 Å². The van der Waals surface area contributed by atoms with Gasteiger partial charge in [0.25, 0.3) is 5.91 Å². The molecular formula is C20H32N2O3. The molecule has 0 aliphatic carbocycles. The molecule has 5 nitrogen and oxygen atoms in total. The quantitative estimate of drug-likeness (QED) is 0.677. The average Bonchev–Trinajstić information content (AvgIpc) is 2.64. The molecule has 0 saturated carbocycles. The van der Waals surface area contributed by atoms with Gasteiger partial charge in [-0.1, -0.05) is 13.0 Å². The van der Waals surface area contributed by atoms with Gasteiger partial charge in [0.1, 0.15) is 12.4 Å². The van der Waals surface area contributed by atoms with Crippen LogP contribution in [0.5, 0.6) is 5.75 Å². The minimum absolute atomic E-state index is 0.0946. The lowest BCUT2D eigenvalue weighted by Gasteiger charge is -2.43. The molecule has 1 heterocycles. The monoisotopic (exact) mass is 348 g/mol. The van der Waals surface area contributed by atoms with E-state index in [-0.39, 0.29) is 5.91 Å². The normalized spacial score (nSPS) is 18.6. The number of carbonyl (C=O) groups excluding carboxylic acids is 1. The number of amides is 1. The SMILES string of the molecule is CCOCCOc1cccc(C(=O)N2CCN(C(C)C)C(CC)C2)c1. The van der Waals surface area contributed by atoms with Gasteiger partial charge in [-0.2, -0.15) is 0 Å². The van der Waals surface area contributed by atoms with Gasteiger partial charge in [-0.25, -0.2) is 0 Å². The number of hydrogen-bond donors (Lipinski definition) is 0. The molecule has 1 atom stereocenters. The summed E-state index contributed by atoms with van der Waals surface area (Å²) in [6.45, 7) is 12.9. The van der Waals surface area contributed by atoms with E-state index in [4.69, 9.17) is 9.47 Å². The first-order valence-corrected chi connectivity index (χ1v) is 9.42. The average molecular weight is 348 g/mol. The largest absolute Gasteiger partial charge is 0.491 e. The van der Waals surface area contributed by atoms with E-state index < -0.39 is 0 Å². The first-order chi connectivity index (χ1) is 12.1. The summed E-state index contributed by atoms with van der Waals surface area (Å²) in [4.78, 5) is 17.4. The van der Waals surface area contributed by atoms with Gasteiger partial charge in [0.2, 0.25) is 0 Å². The molecule has 1 aliphatic rings. The molecule has 140 valence electrons. The van der Waals surface area contributed by atoms with Crippen molar-refractivity contribution >= 4 is 5.91 Å². The van der Waals surface area contributed by atoms with Crippen LogP contribution in [0.2, 0.25) is 0 Å². The number of carbonyl (C=O) groups is 1. The summed E-state index contributed by atoms with van der Waals surface area (Å²) in [6.07, 6.45) is 1.06. The minimum atomic E-state index is 0.0946. The Labute approximate surface area is 151 Å². The molecule has 0 radical (unpaired) electrons. The number of rotatable bonds is 8. The highest BCUT2D eigenvalue weighted by Crippen LogP contribution is 2.20. The van der Waals surface area contributed by atoms with E-state index in [0.717, 1.165) is 31.8 Å². The van der Waals surface area contributed by atoms with E-state index >= 15 is 0 Å². The van der Waals surface area contributed by atoms with E-state index in [9.17, 15) is 4.79 Å². The third kappa shape index (κ3) is 5.44. The molecule has 0 spiro atoms. The highest BCUT2D eigenvalue weighted by atomic mass is 16.5. The molecule has 1 aromatic rings. The number of hydrogen-bond acceptors (Lipinski definition) is 4. The Bertz CT molecular complexity index is 547. The first-order valence-electron chi connectivity index (χ1n) is 9.42. The smallest absolute Gasteiger partial charge is 0.254 e. The molecule has 1 saturated heterocycles. The maximum absolute atomic E-state index is 12.9.